The fourth-order valence-electron chi connectivity index (χ4n) is 3.67. The fraction of sp³-hybridized carbons (Fsp3) is 0.286. The Kier molecular flexibility index (Phi) is 5.42. The van der Waals surface area contributed by atoms with Crippen LogP contribution in [0.3, 0.4) is 0 Å². The number of rotatable bonds is 5. The molecule has 2 aliphatic heterocycles. The molecule has 2 aromatic carbocycles. The molecule has 152 valence electrons. The van der Waals surface area contributed by atoms with Crippen LogP contribution in [0, 0.1) is 0 Å². The highest BCUT2D eigenvalue weighted by molar-refractivity contribution is 7.99. The minimum atomic E-state index is -4.31. The lowest BCUT2D eigenvalue weighted by Crippen LogP contribution is -2.44. The van der Waals surface area contributed by atoms with Gasteiger partial charge in [0.05, 0.1) is 11.4 Å². The Balaban J connectivity index is 1.68. The van der Waals surface area contributed by atoms with Crippen molar-refractivity contribution in [3.05, 3.63) is 60.3 Å². The Hall–Kier alpha value is -2.29. The molecule has 4 rings (SSSR count). The van der Waals surface area contributed by atoms with Crippen LogP contribution in [0.25, 0.3) is 0 Å². The molecule has 2 heterocycles. The van der Waals surface area contributed by atoms with Gasteiger partial charge in [-0.15, -0.1) is 0 Å². The molecule has 0 radical (unpaired) electrons. The molecule has 0 amide bonds. The molecule has 0 saturated heterocycles. The maximum absolute atomic E-state index is 12.3. The fourth-order valence-corrected chi connectivity index (χ4v) is 5.67. The van der Waals surface area contributed by atoms with Crippen molar-refractivity contribution in [2.75, 3.05) is 25.0 Å². The van der Waals surface area contributed by atoms with E-state index in [1.165, 1.54) is 0 Å². The van der Waals surface area contributed by atoms with E-state index in [2.05, 4.69) is 22.0 Å². The number of likely N-dealkylation sites (N-methyl/N-ethyl adjacent to an activating group) is 1. The van der Waals surface area contributed by atoms with Crippen molar-refractivity contribution in [1.29, 1.82) is 0 Å². The molecule has 2 aromatic rings. The highest BCUT2D eigenvalue weighted by atomic mass is 32.2. The van der Waals surface area contributed by atoms with Crippen molar-refractivity contribution >= 4 is 39.1 Å². The third-order valence-corrected chi connectivity index (χ3v) is 7.43. The van der Waals surface area contributed by atoms with E-state index in [0.717, 1.165) is 26.9 Å². The van der Waals surface area contributed by atoms with Crippen LogP contribution in [0.5, 0.6) is 0 Å². The van der Waals surface area contributed by atoms with Gasteiger partial charge in [0.25, 0.3) is 10.1 Å². The van der Waals surface area contributed by atoms with Crippen LogP contribution in [0.1, 0.15) is 13.3 Å². The average molecular weight is 430 g/mol. The summed E-state index contributed by atoms with van der Waals surface area (Å²) in [6.45, 7) is 2.85. The molecule has 0 aromatic heterocycles. The molecule has 2 aliphatic rings. The van der Waals surface area contributed by atoms with Gasteiger partial charge in [-0.1, -0.05) is 36.0 Å². The van der Waals surface area contributed by atoms with Gasteiger partial charge < -0.3 is 9.80 Å². The topological polar surface area (TPSA) is 73.2 Å². The summed E-state index contributed by atoms with van der Waals surface area (Å²) >= 11 is 1.71. The molecule has 0 spiro atoms. The maximum Gasteiger partial charge on any atom is 0.275 e. The monoisotopic (exact) mass is 429 g/mol. The Labute approximate surface area is 175 Å². The zero-order chi connectivity index (χ0) is 20.6. The number of nitrogens with zero attached hydrogens (tertiary/aromatic N) is 3. The Bertz CT molecular complexity index is 1050. The van der Waals surface area contributed by atoms with Crippen molar-refractivity contribution in [3.63, 3.8) is 0 Å². The summed E-state index contributed by atoms with van der Waals surface area (Å²) in [5.74, 6) is 0.389. The SMILES string of the molecule is CC1=CCN(C)C(C(CCN2c3ccccc3Sc3ccccc32)S(=O)(=O)O)=N1. The van der Waals surface area contributed by atoms with E-state index < -0.39 is 15.4 Å². The largest absolute Gasteiger partial charge is 0.358 e. The second kappa shape index (κ2) is 7.85. The minimum Gasteiger partial charge on any atom is -0.358 e. The van der Waals surface area contributed by atoms with Crippen LogP contribution in [-0.4, -0.2) is 49.1 Å². The molecular formula is C21H23N3O3S2. The average Bonchev–Trinajstić information content (AvgIpc) is 2.69. The molecule has 6 nitrogen and oxygen atoms in total. The van der Waals surface area contributed by atoms with Crippen LogP contribution < -0.4 is 4.90 Å². The molecule has 1 unspecified atom stereocenters. The lowest BCUT2D eigenvalue weighted by molar-refractivity contribution is 0.463. The summed E-state index contributed by atoms with van der Waals surface area (Å²) in [6.07, 6.45) is 2.15. The predicted octanol–water partition coefficient (Wildman–Crippen LogP) is 4.18. The van der Waals surface area contributed by atoms with Gasteiger partial charge in [0.15, 0.2) is 0 Å². The number of anilines is 2. The molecule has 0 aliphatic carbocycles. The van der Waals surface area contributed by atoms with E-state index in [-0.39, 0.29) is 6.42 Å². The van der Waals surface area contributed by atoms with E-state index in [1.54, 1.807) is 23.7 Å². The van der Waals surface area contributed by atoms with Gasteiger partial charge in [-0.05, 0) is 43.7 Å². The molecule has 1 atom stereocenters. The summed E-state index contributed by atoms with van der Waals surface area (Å²) in [7, 11) is -2.51. The van der Waals surface area contributed by atoms with E-state index in [4.69, 9.17) is 0 Å². The van der Waals surface area contributed by atoms with Crippen molar-refractivity contribution in [2.24, 2.45) is 4.99 Å². The van der Waals surface area contributed by atoms with Crippen LogP contribution in [0.2, 0.25) is 0 Å². The summed E-state index contributed by atoms with van der Waals surface area (Å²) in [5.41, 5.74) is 2.84. The standard InChI is InChI=1S/C21H23N3O3S2/c1-15-11-13-23(2)21(22-15)20(29(25,26)27)12-14-24-16-7-3-5-9-18(16)28-19-10-6-4-8-17(19)24/h3-11,20H,12-14H2,1-2H3,(H,25,26,27). The summed E-state index contributed by atoms with van der Waals surface area (Å²) in [6, 6.07) is 16.2. The second-order valence-electron chi connectivity index (χ2n) is 7.18. The van der Waals surface area contributed by atoms with Crippen LogP contribution in [0.15, 0.2) is 75.1 Å². The lowest BCUT2D eigenvalue weighted by Gasteiger charge is -2.34. The van der Waals surface area contributed by atoms with Gasteiger partial charge in [-0.2, -0.15) is 8.42 Å². The number of fused-ring (bicyclic) bond motifs is 2. The number of aliphatic imine (C=N–C) groups is 1. The van der Waals surface area contributed by atoms with E-state index >= 15 is 0 Å². The molecule has 0 bridgehead atoms. The first-order valence-corrected chi connectivity index (χ1v) is 11.7. The van der Waals surface area contributed by atoms with Gasteiger partial charge >= 0.3 is 0 Å². The van der Waals surface area contributed by atoms with E-state index in [9.17, 15) is 13.0 Å². The third kappa shape index (κ3) is 4.05. The van der Waals surface area contributed by atoms with Crippen LogP contribution in [0.4, 0.5) is 11.4 Å². The second-order valence-corrected chi connectivity index (χ2v) is 9.86. The number of allylic oxidation sites excluding steroid dienone is 1. The quantitative estimate of drug-likeness (QED) is 0.719. The molecule has 29 heavy (non-hydrogen) atoms. The van der Waals surface area contributed by atoms with Crippen LogP contribution >= 0.6 is 11.8 Å². The lowest BCUT2D eigenvalue weighted by atomic mass is 10.1. The summed E-state index contributed by atoms with van der Waals surface area (Å²) < 4.78 is 34.5. The van der Waals surface area contributed by atoms with Crippen molar-refractivity contribution in [1.82, 2.24) is 4.90 Å². The third-order valence-electron chi connectivity index (χ3n) is 5.14. The number of para-hydroxylation sites is 2. The van der Waals surface area contributed by atoms with Crippen molar-refractivity contribution in [3.8, 4) is 0 Å². The highest BCUT2D eigenvalue weighted by Gasteiger charge is 2.34. The highest BCUT2D eigenvalue weighted by Crippen LogP contribution is 2.47. The normalized spacial score (nSPS) is 17.2. The molecule has 1 N–H and O–H groups in total. The zero-order valence-corrected chi connectivity index (χ0v) is 17.9. The zero-order valence-electron chi connectivity index (χ0n) is 16.3. The molecule has 0 fully saturated rings. The molecule has 8 heteroatoms. The maximum atomic E-state index is 12.3. The summed E-state index contributed by atoms with van der Waals surface area (Å²) in [5, 5.41) is -1.08. The van der Waals surface area contributed by atoms with Gasteiger partial charge in [0.2, 0.25) is 0 Å². The van der Waals surface area contributed by atoms with Gasteiger partial charge in [0.1, 0.15) is 11.1 Å². The van der Waals surface area contributed by atoms with Gasteiger partial charge in [0, 0.05) is 35.6 Å². The number of amidine groups is 1. The predicted molar refractivity (Wildman–Crippen MR) is 118 cm³/mol. The van der Waals surface area contributed by atoms with E-state index in [1.807, 2.05) is 49.4 Å². The number of hydrogen-bond acceptors (Lipinski definition) is 6. The van der Waals surface area contributed by atoms with Gasteiger partial charge in [-0.3, -0.25) is 4.55 Å². The number of benzene rings is 2. The Morgan fingerprint density at radius 3 is 2.28 bits per heavy atom. The first-order valence-electron chi connectivity index (χ1n) is 9.41. The summed E-state index contributed by atoms with van der Waals surface area (Å²) in [4.78, 5) is 10.6. The Morgan fingerprint density at radius 2 is 1.69 bits per heavy atom. The molecular weight excluding hydrogens is 406 g/mol. The van der Waals surface area contributed by atoms with Crippen molar-refractivity contribution < 1.29 is 13.0 Å². The van der Waals surface area contributed by atoms with E-state index in [0.29, 0.717) is 18.9 Å². The number of hydrogen-bond donors (Lipinski definition) is 1. The first kappa shape index (κ1) is 20.0. The first-order chi connectivity index (χ1) is 13.8. The minimum absolute atomic E-state index is 0.225. The molecule has 0 saturated carbocycles. The van der Waals surface area contributed by atoms with Crippen LogP contribution in [-0.2, 0) is 10.1 Å². The smallest absolute Gasteiger partial charge is 0.275 e. The van der Waals surface area contributed by atoms with Gasteiger partial charge in [-0.25, -0.2) is 4.99 Å². The van der Waals surface area contributed by atoms with Crippen molar-refractivity contribution in [2.45, 2.75) is 28.4 Å². The Morgan fingerprint density at radius 1 is 1.10 bits per heavy atom.